The summed E-state index contributed by atoms with van der Waals surface area (Å²) in [7, 11) is 0. The predicted octanol–water partition coefficient (Wildman–Crippen LogP) is 4.61. The summed E-state index contributed by atoms with van der Waals surface area (Å²) in [4.78, 5) is 18.0. The topological polar surface area (TPSA) is 28.5 Å². The molecule has 1 fully saturated rings. The maximum Gasteiger partial charge on any atom is 0.230 e. The summed E-state index contributed by atoms with van der Waals surface area (Å²) in [6, 6.07) is 21.2. The molecule has 0 bridgehead atoms. The van der Waals surface area contributed by atoms with Gasteiger partial charge in [0.2, 0.25) is 5.91 Å². The van der Waals surface area contributed by atoms with Gasteiger partial charge in [-0.1, -0.05) is 30.3 Å². The summed E-state index contributed by atoms with van der Waals surface area (Å²) in [6.07, 6.45) is 3.93. The largest absolute Gasteiger partial charge is 0.371 e. The first-order chi connectivity index (χ1) is 14.2. The summed E-state index contributed by atoms with van der Waals surface area (Å²) in [5, 5.41) is 0. The third-order valence-electron chi connectivity index (χ3n) is 6.34. The molecule has 0 saturated carbocycles. The minimum atomic E-state index is 0.0885. The minimum absolute atomic E-state index is 0.0885. The molecule has 0 aliphatic carbocycles. The number of aryl methyl sites for hydroxylation is 1. The first kappa shape index (κ1) is 18.0. The quantitative estimate of drug-likeness (QED) is 0.645. The number of nitrogens with zero attached hydrogens (tertiary/aromatic N) is 3. The number of hydrogen-bond acceptors (Lipinski definition) is 2. The second kappa shape index (κ2) is 7.43. The Labute approximate surface area is 172 Å². The van der Waals surface area contributed by atoms with E-state index in [4.69, 9.17) is 0 Å². The van der Waals surface area contributed by atoms with Crippen LogP contribution >= 0.6 is 0 Å². The van der Waals surface area contributed by atoms with Gasteiger partial charge < -0.3 is 14.4 Å². The average molecular weight is 386 g/mol. The second-order valence-corrected chi connectivity index (χ2v) is 8.28. The van der Waals surface area contributed by atoms with Crippen LogP contribution in [0.2, 0.25) is 0 Å². The van der Waals surface area contributed by atoms with Gasteiger partial charge in [0.15, 0.2) is 0 Å². The van der Waals surface area contributed by atoms with Gasteiger partial charge >= 0.3 is 0 Å². The summed E-state index contributed by atoms with van der Waals surface area (Å²) in [5.41, 5.74) is 6.04. The van der Waals surface area contributed by atoms with Gasteiger partial charge in [-0.15, -0.1) is 0 Å². The van der Waals surface area contributed by atoms with Gasteiger partial charge in [0.25, 0.3) is 0 Å². The molecule has 4 heteroatoms. The van der Waals surface area contributed by atoms with E-state index in [-0.39, 0.29) is 11.8 Å². The number of piperidine rings is 1. The zero-order chi connectivity index (χ0) is 19.8. The first-order valence-electron chi connectivity index (χ1n) is 10.5. The Morgan fingerprint density at radius 2 is 1.76 bits per heavy atom. The number of carbonyl (C=O) groups is 1. The molecule has 1 aromatic heterocycles. The normalized spacial score (nSPS) is 16.9. The van der Waals surface area contributed by atoms with Crippen molar-refractivity contribution in [2.75, 3.05) is 22.9 Å². The summed E-state index contributed by atoms with van der Waals surface area (Å²) >= 11 is 0. The van der Waals surface area contributed by atoms with Gasteiger partial charge in [-0.05, 0) is 61.2 Å². The molecular formula is C25H27N3O. The smallest absolute Gasteiger partial charge is 0.230 e. The van der Waals surface area contributed by atoms with Gasteiger partial charge in [-0.25, -0.2) is 0 Å². The van der Waals surface area contributed by atoms with Crippen LogP contribution in [0.15, 0.2) is 66.9 Å². The van der Waals surface area contributed by atoms with E-state index in [0.717, 1.165) is 38.2 Å². The lowest BCUT2D eigenvalue weighted by Gasteiger charge is -2.35. The van der Waals surface area contributed by atoms with E-state index in [0.29, 0.717) is 6.54 Å². The lowest BCUT2D eigenvalue weighted by molar-refractivity contribution is -0.123. The Bertz CT molecular complexity index is 1030. The molecule has 29 heavy (non-hydrogen) atoms. The zero-order valence-corrected chi connectivity index (χ0v) is 16.9. The van der Waals surface area contributed by atoms with Crippen molar-refractivity contribution in [3.63, 3.8) is 0 Å². The molecule has 1 amide bonds. The van der Waals surface area contributed by atoms with Crippen LogP contribution in [0, 0.1) is 12.8 Å². The Kier molecular flexibility index (Phi) is 4.62. The number of carbonyl (C=O) groups excluding carboxylic acids is 1. The van der Waals surface area contributed by atoms with Gasteiger partial charge in [0.1, 0.15) is 0 Å². The molecular weight excluding hydrogens is 358 g/mol. The molecule has 1 saturated heterocycles. The minimum Gasteiger partial charge on any atom is -0.371 e. The fourth-order valence-corrected chi connectivity index (χ4v) is 4.71. The standard InChI is InChI=1S/C25H27N3O/c1-19-6-4-8-22(16-19)26-14-11-20(12-15-26)25(29)28-18-23-9-5-13-27(23)17-21-7-2-3-10-24(21)28/h2-10,13,16,20H,11-12,14-15,17-18H2,1H3. The molecule has 2 aromatic carbocycles. The highest BCUT2D eigenvalue weighted by Crippen LogP contribution is 2.32. The molecule has 4 nitrogen and oxygen atoms in total. The van der Waals surface area contributed by atoms with Crippen molar-refractivity contribution in [1.82, 2.24) is 4.57 Å². The van der Waals surface area contributed by atoms with Gasteiger partial charge in [-0.2, -0.15) is 0 Å². The number of fused-ring (bicyclic) bond motifs is 2. The maximum atomic E-state index is 13.6. The molecule has 0 atom stereocenters. The number of hydrogen-bond donors (Lipinski definition) is 0. The van der Waals surface area contributed by atoms with Crippen LogP contribution in [-0.4, -0.2) is 23.6 Å². The summed E-state index contributed by atoms with van der Waals surface area (Å²) in [5.74, 6) is 0.363. The van der Waals surface area contributed by atoms with E-state index >= 15 is 0 Å². The van der Waals surface area contributed by atoms with Gasteiger partial charge in [0.05, 0.1) is 6.54 Å². The number of para-hydroxylation sites is 1. The Balaban J connectivity index is 1.36. The fourth-order valence-electron chi connectivity index (χ4n) is 4.71. The molecule has 3 heterocycles. The number of anilines is 2. The van der Waals surface area contributed by atoms with Crippen molar-refractivity contribution in [2.45, 2.75) is 32.9 Å². The Morgan fingerprint density at radius 1 is 0.931 bits per heavy atom. The number of aromatic nitrogens is 1. The lowest BCUT2D eigenvalue weighted by atomic mass is 9.94. The van der Waals surface area contributed by atoms with Gasteiger partial charge in [0, 0.05) is 48.8 Å². The van der Waals surface area contributed by atoms with E-state index < -0.39 is 0 Å². The Morgan fingerprint density at radius 3 is 2.59 bits per heavy atom. The monoisotopic (exact) mass is 385 g/mol. The molecule has 2 aliphatic heterocycles. The maximum absolute atomic E-state index is 13.6. The van der Waals surface area contributed by atoms with Crippen LogP contribution in [0.3, 0.4) is 0 Å². The second-order valence-electron chi connectivity index (χ2n) is 8.28. The fraction of sp³-hybridized carbons (Fsp3) is 0.320. The van der Waals surface area contributed by atoms with Crippen LogP contribution in [0.25, 0.3) is 0 Å². The molecule has 0 unspecified atom stereocenters. The zero-order valence-electron chi connectivity index (χ0n) is 16.9. The number of rotatable bonds is 2. The molecule has 2 aliphatic rings. The van der Waals surface area contributed by atoms with Crippen LogP contribution in [0.4, 0.5) is 11.4 Å². The highest BCUT2D eigenvalue weighted by molar-refractivity contribution is 5.96. The summed E-state index contributed by atoms with van der Waals surface area (Å²) < 4.78 is 2.26. The van der Waals surface area contributed by atoms with E-state index in [1.54, 1.807) is 0 Å². The van der Waals surface area contributed by atoms with Crippen LogP contribution in [0.1, 0.15) is 29.7 Å². The highest BCUT2D eigenvalue weighted by Gasteiger charge is 2.31. The number of benzene rings is 2. The molecule has 0 spiro atoms. The summed E-state index contributed by atoms with van der Waals surface area (Å²) in [6.45, 7) is 5.49. The van der Waals surface area contributed by atoms with Crippen molar-refractivity contribution >= 4 is 17.3 Å². The van der Waals surface area contributed by atoms with Crippen molar-refractivity contribution < 1.29 is 4.79 Å². The van der Waals surface area contributed by atoms with Crippen molar-refractivity contribution in [3.8, 4) is 0 Å². The third kappa shape index (κ3) is 3.44. The lowest BCUT2D eigenvalue weighted by Crippen LogP contribution is -2.42. The molecule has 0 N–H and O–H groups in total. The van der Waals surface area contributed by atoms with Crippen LogP contribution in [-0.2, 0) is 17.9 Å². The number of amides is 1. The Hall–Kier alpha value is -3.01. The SMILES string of the molecule is Cc1cccc(N2CCC(C(=O)N3Cc4cccn4Cc4ccccc43)CC2)c1. The van der Waals surface area contributed by atoms with Crippen LogP contribution < -0.4 is 9.80 Å². The van der Waals surface area contributed by atoms with Crippen molar-refractivity contribution in [3.05, 3.63) is 83.7 Å². The van der Waals surface area contributed by atoms with E-state index in [1.807, 2.05) is 11.0 Å². The molecule has 0 radical (unpaired) electrons. The first-order valence-corrected chi connectivity index (χ1v) is 10.5. The molecule has 148 valence electrons. The highest BCUT2D eigenvalue weighted by atomic mass is 16.2. The molecule has 5 rings (SSSR count). The van der Waals surface area contributed by atoms with Gasteiger partial charge in [-0.3, -0.25) is 4.79 Å². The van der Waals surface area contributed by atoms with Crippen LogP contribution in [0.5, 0.6) is 0 Å². The molecule has 3 aromatic rings. The van der Waals surface area contributed by atoms with E-state index in [2.05, 4.69) is 77.2 Å². The third-order valence-corrected chi connectivity index (χ3v) is 6.34. The predicted molar refractivity (Wildman–Crippen MR) is 117 cm³/mol. The van der Waals surface area contributed by atoms with Crippen molar-refractivity contribution in [1.29, 1.82) is 0 Å². The van der Waals surface area contributed by atoms with E-state index in [1.165, 1.54) is 22.5 Å². The van der Waals surface area contributed by atoms with E-state index in [9.17, 15) is 4.79 Å². The van der Waals surface area contributed by atoms with Crippen molar-refractivity contribution in [2.24, 2.45) is 5.92 Å². The average Bonchev–Trinajstić information content (AvgIpc) is 3.12.